The molecule has 9 nitrogen and oxygen atoms in total. The summed E-state index contributed by atoms with van der Waals surface area (Å²) in [6, 6.07) is 9.22. The van der Waals surface area contributed by atoms with Gasteiger partial charge in [0, 0.05) is 11.8 Å². The number of non-ortho nitro benzene ring substituents is 1. The van der Waals surface area contributed by atoms with Gasteiger partial charge >= 0.3 is 0 Å². The summed E-state index contributed by atoms with van der Waals surface area (Å²) in [4.78, 5) is 36.1. The summed E-state index contributed by atoms with van der Waals surface area (Å²) in [7, 11) is 3.12. The van der Waals surface area contributed by atoms with Crippen LogP contribution in [0.5, 0.6) is 5.75 Å². The minimum Gasteiger partial charge on any atom is -0.494 e. The first-order chi connectivity index (χ1) is 14.1. The molecule has 0 aromatic heterocycles. The molecule has 0 spiro atoms. The predicted octanol–water partition coefficient (Wildman–Crippen LogP) is 1.70. The molecule has 30 heavy (non-hydrogen) atoms. The fraction of sp³-hybridized carbons (Fsp3) is 0.333. The van der Waals surface area contributed by atoms with Gasteiger partial charge in [-0.2, -0.15) is 0 Å². The van der Waals surface area contributed by atoms with Crippen molar-refractivity contribution in [1.29, 1.82) is 0 Å². The Bertz CT molecular complexity index is 960. The number of rotatable bonds is 8. The van der Waals surface area contributed by atoms with Gasteiger partial charge in [-0.15, -0.1) is 0 Å². The maximum atomic E-state index is 12.6. The number of nitro benzene ring substituents is 1. The number of carbonyl (C=O) groups is 2. The van der Waals surface area contributed by atoms with Gasteiger partial charge in [-0.1, -0.05) is 12.1 Å². The van der Waals surface area contributed by atoms with Crippen molar-refractivity contribution in [3.63, 3.8) is 0 Å². The van der Waals surface area contributed by atoms with Gasteiger partial charge in [-0.25, -0.2) is 0 Å². The van der Waals surface area contributed by atoms with Gasteiger partial charge in [0.05, 0.1) is 30.8 Å². The Balaban J connectivity index is 2.01. The van der Waals surface area contributed by atoms with E-state index in [1.54, 1.807) is 14.0 Å². The summed E-state index contributed by atoms with van der Waals surface area (Å²) in [5.74, 6) is -0.344. The zero-order valence-electron chi connectivity index (χ0n) is 17.7. The Morgan fingerprint density at radius 1 is 1.13 bits per heavy atom. The molecule has 0 bridgehead atoms. The Kier molecular flexibility index (Phi) is 7.48. The molecule has 2 aromatic carbocycles. The SMILES string of the molecule is COc1cc([N+](=O)[O-])ccc1NC(=O)[C@H](C)[NH+](C)CC(=O)Nc1cc(C)ccc1C. The summed E-state index contributed by atoms with van der Waals surface area (Å²) in [6.45, 7) is 5.66. The number of aryl methyl sites for hydroxylation is 2. The van der Waals surface area contributed by atoms with Gasteiger partial charge in [0.15, 0.2) is 12.6 Å². The molecule has 9 heteroatoms. The van der Waals surface area contributed by atoms with Crippen LogP contribution in [0.25, 0.3) is 0 Å². The second-order valence-electron chi connectivity index (χ2n) is 7.24. The molecule has 0 fully saturated rings. The van der Waals surface area contributed by atoms with Crippen LogP contribution in [0.4, 0.5) is 17.1 Å². The van der Waals surface area contributed by atoms with E-state index in [1.807, 2.05) is 32.0 Å². The van der Waals surface area contributed by atoms with Crippen molar-refractivity contribution >= 4 is 28.9 Å². The minimum absolute atomic E-state index is 0.0966. The van der Waals surface area contributed by atoms with Gasteiger partial charge in [-0.05, 0) is 44.0 Å². The second-order valence-corrected chi connectivity index (χ2v) is 7.24. The molecule has 2 aromatic rings. The molecule has 1 unspecified atom stereocenters. The summed E-state index contributed by atoms with van der Waals surface area (Å²) in [6.07, 6.45) is 0. The van der Waals surface area contributed by atoms with Crippen LogP contribution in [0.3, 0.4) is 0 Å². The van der Waals surface area contributed by atoms with Gasteiger partial charge in [0.1, 0.15) is 5.75 Å². The third-order valence-electron chi connectivity index (χ3n) is 4.89. The molecule has 0 heterocycles. The number of quaternary nitrogens is 1. The molecule has 0 radical (unpaired) electrons. The van der Waals surface area contributed by atoms with E-state index < -0.39 is 11.0 Å². The first-order valence-electron chi connectivity index (χ1n) is 9.45. The standard InChI is InChI=1S/C21H26N4O5/c1-13-6-7-14(2)18(10-13)22-20(26)12-24(4)15(3)21(27)23-17-9-8-16(25(28)29)11-19(17)30-5/h6-11,15H,12H2,1-5H3,(H,22,26)(H,23,27)/p+1/t15-/m0/s1. The van der Waals surface area contributed by atoms with Gasteiger partial charge in [0.2, 0.25) is 0 Å². The van der Waals surface area contributed by atoms with Crippen LogP contribution in [0, 0.1) is 24.0 Å². The Morgan fingerprint density at radius 3 is 2.47 bits per heavy atom. The van der Waals surface area contributed by atoms with Gasteiger partial charge in [-0.3, -0.25) is 19.7 Å². The highest BCUT2D eigenvalue weighted by Gasteiger charge is 2.25. The lowest BCUT2D eigenvalue weighted by Crippen LogP contribution is -3.14. The molecule has 2 amide bonds. The molecular formula is C21H27N4O5+. The highest BCUT2D eigenvalue weighted by atomic mass is 16.6. The third kappa shape index (κ3) is 5.77. The molecule has 2 rings (SSSR count). The van der Waals surface area contributed by atoms with Crippen molar-refractivity contribution in [2.45, 2.75) is 26.8 Å². The smallest absolute Gasteiger partial charge is 0.282 e. The van der Waals surface area contributed by atoms with Crippen LogP contribution >= 0.6 is 0 Å². The Morgan fingerprint density at radius 2 is 1.83 bits per heavy atom. The minimum atomic E-state index is -0.547. The van der Waals surface area contributed by atoms with E-state index in [-0.39, 0.29) is 29.8 Å². The number of nitrogens with zero attached hydrogens (tertiary/aromatic N) is 1. The van der Waals surface area contributed by atoms with Crippen molar-refractivity contribution in [2.24, 2.45) is 0 Å². The van der Waals surface area contributed by atoms with E-state index in [0.717, 1.165) is 16.8 Å². The van der Waals surface area contributed by atoms with E-state index in [4.69, 9.17) is 4.74 Å². The van der Waals surface area contributed by atoms with Crippen LogP contribution in [0.15, 0.2) is 36.4 Å². The maximum Gasteiger partial charge on any atom is 0.282 e. The Hall–Kier alpha value is -3.46. The highest BCUT2D eigenvalue weighted by molar-refractivity contribution is 5.96. The van der Waals surface area contributed by atoms with E-state index in [0.29, 0.717) is 10.6 Å². The lowest BCUT2D eigenvalue weighted by Gasteiger charge is -2.21. The summed E-state index contributed by atoms with van der Waals surface area (Å²) < 4.78 is 5.14. The van der Waals surface area contributed by atoms with Crippen LogP contribution in [-0.2, 0) is 9.59 Å². The Labute approximate surface area is 175 Å². The second kappa shape index (κ2) is 9.84. The monoisotopic (exact) mass is 415 g/mol. The molecule has 3 N–H and O–H groups in total. The number of anilines is 2. The van der Waals surface area contributed by atoms with E-state index in [1.165, 1.54) is 25.3 Å². The van der Waals surface area contributed by atoms with Crippen LogP contribution < -0.4 is 20.3 Å². The quantitative estimate of drug-likeness (QED) is 0.448. The molecule has 160 valence electrons. The number of carbonyl (C=O) groups excluding carboxylic acids is 2. The number of ether oxygens (including phenoxy) is 1. The number of nitrogens with one attached hydrogen (secondary N) is 3. The number of nitro groups is 1. The summed E-state index contributed by atoms with van der Waals surface area (Å²) >= 11 is 0. The number of methoxy groups -OCH3 is 1. The number of hydrogen-bond acceptors (Lipinski definition) is 5. The summed E-state index contributed by atoms with van der Waals surface area (Å²) in [5.41, 5.74) is 2.95. The first kappa shape index (κ1) is 22.8. The van der Waals surface area contributed by atoms with Crippen molar-refractivity contribution < 1.29 is 24.1 Å². The zero-order valence-corrected chi connectivity index (χ0v) is 17.7. The first-order valence-corrected chi connectivity index (χ1v) is 9.45. The van der Waals surface area contributed by atoms with Gasteiger partial charge < -0.3 is 20.3 Å². The van der Waals surface area contributed by atoms with E-state index in [2.05, 4.69) is 10.6 Å². The van der Waals surface area contributed by atoms with Crippen molar-refractivity contribution in [1.82, 2.24) is 0 Å². The lowest BCUT2D eigenvalue weighted by molar-refractivity contribution is -0.885. The molecule has 0 aliphatic rings. The molecule has 0 aliphatic carbocycles. The fourth-order valence-electron chi connectivity index (χ4n) is 2.83. The fourth-order valence-corrected chi connectivity index (χ4v) is 2.83. The number of benzene rings is 2. The van der Waals surface area contributed by atoms with Gasteiger partial charge in [0.25, 0.3) is 17.5 Å². The third-order valence-corrected chi connectivity index (χ3v) is 4.89. The molecular weight excluding hydrogens is 388 g/mol. The average molecular weight is 415 g/mol. The van der Waals surface area contributed by atoms with Crippen molar-refractivity contribution in [3.8, 4) is 5.75 Å². The van der Waals surface area contributed by atoms with Crippen molar-refractivity contribution in [2.75, 3.05) is 31.3 Å². The maximum absolute atomic E-state index is 12.6. The molecule has 0 saturated heterocycles. The van der Waals surface area contributed by atoms with Crippen LogP contribution in [-0.4, -0.2) is 43.5 Å². The normalized spacial score (nSPS) is 12.6. The van der Waals surface area contributed by atoms with Crippen molar-refractivity contribution in [3.05, 3.63) is 57.6 Å². The largest absolute Gasteiger partial charge is 0.494 e. The molecule has 0 saturated carbocycles. The van der Waals surface area contributed by atoms with E-state index >= 15 is 0 Å². The highest BCUT2D eigenvalue weighted by Crippen LogP contribution is 2.29. The number of hydrogen-bond donors (Lipinski definition) is 3. The number of amides is 2. The molecule has 0 aliphatic heterocycles. The average Bonchev–Trinajstić information content (AvgIpc) is 2.69. The number of likely N-dealkylation sites (N-methyl/N-ethyl adjacent to an activating group) is 1. The van der Waals surface area contributed by atoms with Crippen LogP contribution in [0.1, 0.15) is 18.1 Å². The van der Waals surface area contributed by atoms with E-state index in [9.17, 15) is 19.7 Å². The molecule has 2 atom stereocenters. The summed E-state index contributed by atoms with van der Waals surface area (Å²) in [5, 5.41) is 16.5. The zero-order chi connectivity index (χ0) is 22.4. The predicted molar refractivity (Wildman–Crippen MR) is 114 cm³/mol. The van der Waals surface area contributed by atoms with Crippen LogP contribution in [0.2, 0.25) is 0 Å². The topological polar surface area (TPSA) is 115 Å². The lowest BCUT2D eigenvalue weighted by atomic mass is 10.1.